The number of aryl methyl sites for hydroxylation is 1. The molecule has 3 rings (SSSR count). The highest BCUT2D eigenvalue weighted by Crippen LogP contribution is 2.39. The molecule has 2 nitrogen and oxygen atoms in total. The van der Waals surface area contributed by atoms with Gasteiger partial charge in [0.05, 0.1) is 11.4 Å². The predicted octanol–water partition coefficient (Wildman–Crippen LogP) is 3.80. The summed E-state index contributed by atoms with van der Waals surface area (Å²) < 4.78 is 1.97. The normalized spacial score (nSPS) is 15.2. The Labute approximate surface area is 106 Å². The molecular weight excluding hydrogens is 232 g/mol. The van der Waals surface area contributed by atoms with Gasteiger partial charge in [-0.25, -0.2) is 4.68 Å². The molecule has 0 aliphatic heterocycles. The predicted molar refractivity (Wildman–Crippen MR) is 69.8 cm³/mol. The number of benzene rings is 1. The Morgan fingerprint density at radius 3 is 2.88 bits per heavy atom. The van der Waals surface area contributed by atoms with Crippen molar-refractivity contribution in [3.05, 3.63) is 47.3 Å². The minimum atomic E-state index is 0.546. The molecule has 3 heteroatoms. The number of halogens is 1. The molecule has 1 aliphatic carbocycles. The number of aromatic nitrogens is 2. The van der Waals surface area contributed by atoms with Crippen LogP contribution in [0.25, 0.3) is 5.69 Å². The summed E-state index contributed by atoms with van der Waals surface area (Å²) in [4.78, 5) is 0. The summed E-state index contributed by atoms with van der Waals surface area (Å²) >= 11 is 5.87. The van der Waals surface area contributed by atoms with Crippen LogP contribution in [0.15, 0.2) is 30.5 Å². The molecule has 0 unspecified atom stereocenters. The van der Waals surface area contributed by atoms with Crippen LogP contribution >= 0.6 is 11.6 Å². The highest BCUT2D eigenvalue weighted by molar-refractivity contribution is 6.17. The zero-order valence-electron chi connectivity index (χ0n) is 9.86. The van der Waals surface area contributed by atoms with Gasteiger partial charge in [-0.1, -0.05) is 12.1 Å². The number of nitrogens with zero attached hydrogens (tertiary/aromatic N) is 2. The lowest BCUT2D eigenvalue weighted by molar-refractivity contribution is 0.831. The van der Waals surface area contributed by atoms with Gasteiger partial charge in [-0.2, -0.15) is 5.10 Å². The molecule has 0 radical (unpaired) electrons. The molecule has 1 fully saturated rings. The fourth-order valence-corrected chi connectivity index (χ4v) is 2.22. The van der Waals surface area contributed by atoms with Crippen LogP contribution in [0.1, 0.15) is 35.6 Å². The van der Waals surface area contributed by atoms with Gasteiger partial charge in [0.1, 0.15) is 0 Å². The smallest absolute Gasteiger partial charge is 0.0677 e. The van der Waals surface area contributed by atoms with Crippen LogP contribution in [-0.4, -0.2) is 9.78 Å². The molecule has 0 amide bonds. The van der Waals surface area contributed by atoms with Crippen LogP contribution in [0.2, 0.25) is 0 Å². The highest BCUT2D eigenvalue weighted by atomic mass is 35.5. The second kappa shape index (κ2) is 4.19. The molecule has 0 atom stereocenters. The average Bonchev–Trinajstić information content (AvgIpc) is 3.09. The van der Waals surface area contributed by atoms with Gasteiger partial charge in [0.2, 0.25) is 0 Å². The lowest BCUT2D eigenvalue weighted by atomic mass is 10.1. The van der Waals surface area contributed by atoms with Crippen molar-refractivity contribution >= 4 is 11.6 Å². The summed E-state index contributed by atoms with van der Waals surface area (Å²) in [7, 11) is 0. The van der Waals surface area contributed by atoms with Crippen molar-refractivity contribution in [2.75, 3.05) is 0 Å². The molecule has 1 aromatic carbocycles. The van der Waals surface area contributed by atoms with Crippen molar-refractivity contribution in [3.63, 3.8) is 0 Å². The fraction of sp³-hybridized carbons (Fsp3) is 0.357. The van der Waals surface area contributed by atoms with Crippen LogP contribution in [-0.2, 0) is 5.88 Å². The largest absolute Gasteiger partial charge is 0.240 e. The van der Waals surface area contributed by atoms with Gasteiger partial charge in [-0.15, -0.1) is 11.6 Å². The van der Waals surface area contributed by atoms with Crippen LogP contribution < -0.4 is 0 Å². The summed E-state index contributed by atoms with van der Waals surface area (Å²) in [5.74, 6) is 1.25. The third-order valence-electron chi connectivity index (χ3n) is 3.28. The van der Waals surface area contributed by atoms with Crippen molar-refractivity contribution in [1.82, 2.24) is 9.78 Å². The fourth-order valence-electron chi connectivity index (χ4n) is 2.05. The molecule has 1 heterocycles. The minimum absolute atomic E-state index is 0.546. The van der Waals surface area contributed by atoms with Gasteiger partial charge in [-0.3, -0.25) is 0 Å². The van der Waals surface area contributed by atoms with Crippen molar-refractivity contribution in [1.29, 1.82) is 0 Å². The summed E-state index contributed by atoms with van der Waals surface area (Å²) in [5, 5.41) is 4.65. The van der Waals surface area contributed by atoms with Crippen molar-refractivity contribution in [3.8, 4) is 5.69 Å². The third-order valence-corrected chi connectivity index (χ3v) is 3.59. The van der Waals surface area contributed by atoms with E-state index in [0.717, 1.165) is 11.3 Å². The van der Waals surface area contributed by atoms with E-state index in [1.165, 1.54) is 24.1 Å². The number of hydrogen-bond acceptors (Lipinski definition) is 1. The molecule has 17 heavy (non-hydrogen) atoms. The number of hydrogen-bond donors (Lipinski definition) is 0. The number of alkyl halides is 1. The van der Waals surface area contributed by atoms with Gasteiger partial charge in [-0.05, 0) is 43.0 Å². The second-order valence-corrected chi connectivity index (χ2v) is 4.98. The summed E-state index contributed by atoms with van der Waals surface area (Å²) in [6.07, 6.45) is 4.63. The van der Waals surface area contributed by atoms with E-state index in [0.29, 0.717) is 11.8 Å². The van der Waals surface area contributed by atoms with E-state index in [2.05, 4.69) is 36.3 Å². The van der Waals surface area contributed by atoms with E-state index in [9.17, 15) is 0 Å². The quantitative estimate of drug-likeness (QED) is 0.754. The van der Waals surface area contributed by atoms with Crippen molar-refractivity contribution in [2.24, 2.45) is 0 Å². The first kappa shape index (κ1) is 10.8. The Balaban J connectivity index is 2.00. The Morgan fingerprint density at radius 2 is 2.18 bits per heavy atom. The second-order valence-electron chi connectivity index (χ2n) is 4.71. The van der Waals surface area contributed by atoms with Gasteiger partial charge in [0.15, 0.2) is 0 Å². The van der Waals surface area contributed by atoms with E-state index in [-0.39, 0.29) is 0 Å². The molecule has 0 saturated heterocycles. The van der Waals surface area contributed by atoms with Gasteiger partial charge < -0.3 is 0 Å². The summed E-state index contributed by atoms with van der Waals surface area (Å²) in [5.41, 5.74) is 4.72. The van der Waals surface area contributed by atoms with E-state index >= 15 is 0 Å². The van der Waals surface area contributed by atoms with Crippen LogP contribution in [0.4, 0.5) is 0 Å². The van der Waals surface area contributed by atoms with Crippen LogP contribution in [0.5, 0.6) is 0 Å². The lowest BCUT2D eigenvalue weighted by Crippen LogP contribution is -1.99. The first-order valence-corrected chi connectivity index (χ1v) is 6.53. The van der Waals surface area contributed by atoms with Crippen molar-refractivity contribution in [2.45, 2.75) is 31.6 Å². The maximum atomic E-state index is 5.87. The standard InChI is InChI=1S/C14H15ClN2/c1-10-2-3-11(9-15)8-14(10)17-7-6-13(16-17)12-4-5-12/h2-3,6-8,12H,4-5,9H2,1H3. The Morgan fingerprint density at radius 1 is 1.35 bits per heavy atom. The average molecular weight is 247 g/mol. The lowest BCUT2D eigenvalue weighted by Gasteiger charge is -2.07. The van der Waals surface area contributed by atoms with E-state index in [4.69, 9.17) is 11.6 Å². The number of rotatable bonds is 3. The SMILES string of the molecule is Cc1ccc(CCl)cc1-n1ccc(C2CC2)n1. The molecule has 0 bridgehead atoms. The monoisotopic (exact) mass is 246 g/mol. The third kappa shape index (κ3) is 2.09. The zero-order chi connectivity index (χ0) is 11.8. The molecule has 1 aromatic heterocycles. The Kier molecular flexibility index (Phi) is 2.67. The topological polar surface area (TPSA) is 17.8 Å². The van der Waals surface area contributed by atoms with Crippen LogP contribution in [0.3, 0.4) is 0 Å². The van der Waals surface area contributed by atoms with Gasteiger partial charge in [0, 0.05) is 18.0 Å². The van der Waals surface area contributed by atoms with Crippen LogP contribution in [0, 0.1) is 6.92 Å². The van der Waals surface area contributed by atoms with E-state index in [1.54, 1.807) is 0 Å². The first-order chi connectivity index (χ1) is 8.28. The molecule has 2 aromatic rings. The highest BCUT2D eigenvalue weighted by Gasteiger charge is 2.25. The van der Waals surface area contributed by atoms with Gasteiger partial charge in [0.25, 0.3) is 0 Å². The molecule has 0 N–H and O–H groups in total. The maximum Gasteiger partial charge on any atom is 0.0677 e. The van der Waals surface area contributed by atoms with E-state index < -0.39 is 0 Å². The molecular formula is C14H15ClN2. The molecule has 1 aliphatic rings. The Bertz CT molecular complexity index is 541. The molecule has 1 saturated carbocycles. The zero-order valence-corrected chi connectivity index (χ0v) is 10.6. The summed E-state index contributed by atoms with van der Waals surface area (Å²) in [6, 6.07) is 8.42. The first-order valence-electron chi connectivity index (χ1n) is 5.99. The molecule has 0 spiro atoms. The van der Waals surface area contributed by atoms with Crippen molar-refractivity contribution < 1.29 is 0 Å². The van der Waals surface area contributed by atoms with Gasteiger partial charge >= 0.3 is 0 Å². The Hall–Kier alpha value is -1.28. The minimum Gasteiger partial charge on any atom is -0.240 e. The molecule has 88 valence electrons. The summed E-state index contributed by atoms with van der Waals surface area (Å²) in [6.45, 7) is 2.10. The van der Waals surface area contributed by atoms with E-state index in [1.807, 2.05) is 10.9 Å². The maximum absolute atomic E-state index is 5.87.